The van der Waals surface area contributed by atoms with Gasteiger partial charge in [0.1, 0.15) is 6.07 Å². The van der Waals surface area contributed by atoms with E-state index in [0.717, 1.165) is 134 Å². The van der Waals surface area contributed by atoms with Crippen molar-refractivity contribution in [2.75, 3.05) is 0 Å². The topological polar surface area (TPSA) is 56.4 Å². The predicted molar refractivity (Wildman–Crippen MR) is 392 cm³/mol. The Morgan fingerprint density at radius 1 is 0.245 bits per heavy atom. The van der Waals surface area contributed by atoms with Gasteiger partial charge in [0.25, 0.3) is 0 Å². The zero-order valence-corrected chi connectivity index (χ0v) is 52.4. The van der Waals surface area contributed by atoms with Crippen LogP contribution in [0, 0.1) is 39.0 Å². The Balaban J connectivity index is 0.949. The molecule has 0 radical (unpaired) electrons. The molecule has 0 aliphatic rings. The van der Waals surface area contributed by atoms with E-state index in [0.29, 0.717) is 5.56 Å². The summed E-state index contributed by atoms with van der Waals surface area (Å²) in [6.45, 7) is 8.44. The zero-order valence-electron chi connectivity index (χ0n) is 52.4. The number of hydrogen-bond acceptors (Lipinski definition) is 2. The summed E-state index contributed by atoms with van der Waals surface area (Å²) in [4.78, 5) is 4.97. The number of aryl methyl sites for hydroxylation is 4. The molecule has 5 aromatic heterocycles. The Labute approximate surface area is 544 Å². The normalized spacial score (nSPS) is 11.8. The van der Waals surface area contributed by atoms with Gasteiger partial charge in [0.2, 0.25) is 0 Å². The number of hydrogen-bond donors (Lipinski definition) is 0. The average molecular weight is 1200 g/mol. The second-order valence-corrected chi connectivity index (χ2v) is 25.2. The van der Waals surface area contributed by atoms with Crippen LogP contribution in [0.4, 0.5) is 0 Å². The molecule has 0 atom stereocenters. The smallest absolute Gasteiger partial charge is 0.100 e. The summed E-state index contributed by atoms with van der Waals surface area (Å²) >= 11 is 0. The second-order valence-electron chi connectivity index (χ2n) is 25.2. The van der Waals surface area contributed by atoms with E-state index in [2.05, 4.69) is 343 Å². The molecule has 6 heteroatoms. The van der Waals surface area contributed by atoms with Gasteiger partial charge in [-0.1, -0.05) is 181 Å². The minimum atomic E-state index is 0.578. The first kappa shape index (κ1) is 54.6. The minimum absolute atomic E-state index is 0.578. The van der Waals surface area contributed by atoms with Gasteiger partial charge >= 0.3 is 0 Å². The molecular weight excluding hydrogens is 1140 g/mol. The standard InChI is InChI=1S/C88H60N6/c1-54-29-47-82-73(49-54)71-21-9-15-27-80(71)93(82)65-39-31-58(32-40-65)84-75(53-89)85(62-51-56(3)90-57(4)52-62)87(60-35-43-66(44-36-60)94-81-28-16-10-22-72(81)74-50-55(2)30-48-83(74)94)88(61-37-45-64(46-38-61)92-78-25-13-7-19-69(78)70-20-8-14-26-79(70)92)86(84)59-33-41-63(42-34-59)91-76-23-11-5-17-67(76)68-18-6-12-24-77(68)91/h5-52H,1-4H3. The molecule has 442 valence electrons. The summed E-state index contributed by atoms with van der Waals surface area (Å²) in [6.07, 6.45) is 0. The lowest BCUT2D eigenvalue weighted by atomic mass is 9.75. The van der Waals surface area contributed by atoms with Crippen LogP contribution in [-0.4, -0.2) is 23.3 Å². The highest BCUT2D eigenvalue weighted by Crippen LogP contribution is 2.54. The van der Waals surface area contributed by atoms with E-state index >= 15 is 0 Å². The molecule has 13 aromatic carbocycles. The highest BCUT2D eigenvalue weighted by Gasteiger charge is 2.30. The van der Waals surface area contributed by atoms with Crippen molar-refractivity contribution in [1.29, 1.82) is 5.26 Å². The van der Waals surface area contributed by atoms with Gasteiger partial charge < -0.3 is 18.3 Å². The lowest BCUT2D eigenvalue weighted by Crippen LogP contribution is -2.04. The summed E-state index contributed by atoms with van der Waals surface area (Å²) in [7, 11) is 0. The Hall–Kier alpha value is -12.3. The van der Waals surface area contributed by atoms with Crippen LogP contribution in [0.2, 0.25) is 0 Å². The van der Waals surface area contributed by atoms with Crippen LogP contribution in [0.5, 0.6) is 0 Å². The first-order valence-corrected chi connectivity index (χ1v) is 32.2. The van der Waals surface area contributed by atoms with Gasteiger partial charge in [0.05, 0.1) is 49.7 Å². The highest BCUT2D eigenvalue weighted by atomic mass is 15.0. The van der Waals surface area contributed by atoms with Gasteiger partial charge in [-0.3, -0.25) is 4.98 Å². The van der Waals surface area contributed by atoms with E-state index in [4.69, 9.17) is 4.98 Å². The number of nitriles is 1. The maximum absolute atomic E-state index is 12.5. The van der Waals surface area contributed by atoms with Gasteiger partial charge in [-0.15, -0.1) is 0 Å². The van der Waals surface area contributed by atoms with Crippen LogP contribution >= 0.6 is 0 Å². The fourth-order valence-corrected chi connectivity index (χ4v) is 15.5. The molecule has 5 heterocycles. The molecule has 0 fully saturated rings. The number of pyridine rings is 1. The van der Waals surface area contributed by atoms with Crippen molar-refractivity contribution in [3.05, 3.63) is 319 Å². The molecule has 0 bridgehead atoms. The number of nitrogens with zero attached hydrogens (tertiary/aromatic N) is 6. The summed E-state index contributed by atoms with van der Waals surface area (Å²) < 4.78 is 9.52. The zero-order chi connectivity index (χ0) is 62.9. The maximum Gasteiger partial charge on any atom is 0.100 e. The van der Waals surface area contributed by atoms with Gasteiger partial charge in [0, 0.05) is 88.4 Å². The van der Waals surface area contributed by atoms with Crippen LogP contribution in [0.15, 0.2) is 291 Å². The third kappa shape index (κ3) is 8.45. The molecule has 6 nitrogen and oxygen atoms in total. The van der Waals surface area contributed by atoms with Crippen molar-refractivity contribution < 1.29 is 0 Å². The Kier molecular flexibility index (Phi) is 12.4. The van der Waals surface area contributed by atoms with Crippen molar-refractivity contribution in [2.24, 2.45) is 0 Å². The number of aromatic nitrogens is 5. The first-order chi connectivity index (χ1) is 46.2. The first-order valence-electron chi connectivity index (χ1n) is 32.2. The summed E-state index contributed by atoms with van der Waals surface area (Å²) in [5.74, 6) is 0. The molecule has 0 aliphatic carbocycles. The molecule has 18 rings (SSSR count). The number of fused-ring (bicyclic) bond motifs is 12. The second kappa shape index (κ2) is 21.4. The maximum atomic E-state index is 12.5. The van der Waals surface area contributed by atoms with Gasteiger partial charge in [-0.05, 0) is 194 Å². The molecule has 0 unspecified atom stereocenters. The molecule has 0 spiro atoms. The Morgan fingerprint density at radius 2 is 0.489 bits per heavy atom. The largest absolute Gasteiger partial charge is 0.309 e. The quantitative estimate of drug-likeness (QED) is 0.145. The van der Waals surface area contributed by atoms with E-state index in [-0.39, 0.29) is 0 Å². The molecule has 0 saturated heterocycles. The van der Waals surface area contributed by atoms with E-state index in [1.807, 2.05) is 0 Å². The lowest BCUT2D eigenvalue weighted by molar-refractivity contribution is 1.12. The Bertz CT molecular complexity index is 6050. The summed E-state index contributed by atoms with van der Waals surface area (Å²) in [5.41, 5.74) is 27.5. The van der Waals surface area contributed by atoms with Crippen molar-refractivity contribution in [3.8, 4) is 84.5 Å². The lowest BCUT2D eigenvalue weighted by Gasteiger charge is -2.27. The van der Waals surface area contributed by atoms with Crippen LogP contribution in [0.1, 0.15) is 28.1 Å². The highest BCUT2D eigenvalue weighted by molar-refractivity contribution is 6.15. The number of rotatable bonds is 9. The van der Waals surface area contributed by atoms with Crippen molar-refractivity contribution in [1.82, 2.24) is 23.3 Å². The van der Waals surface area contributed by atoms with Crippen LogP contribution < -0.4 is 0 Å². The molecule has 0 N–H and O–H groups in total. The van der Waals surface area contributed by atoms with Crippen LogP contribution in [-0.2, 0) is 0 Å². The third-order valence-corrected chi connectivity index (χ3v) is 19.5. The average Bonchev–Trinajstić information content (AvgIpc) is 1.18. The SMILES string of the molecule is Cc1ccc2c(c1)c1ccccc1n2-c1ccc(-c2c(C#N)c(-c3cc(C)nc(C)c3)c(-c3ccc(-n4c5ccccc5c5cc(C)ccc54)cc3)c(-c3ccc(-n4c5ccccc5c5ccccc54)cc3)c2-c2ccc(-n3c4ccccc4c4ccccc43)cc2)cc1. The van der Waals surface area contributed by atoms with Gasteiger partial charge in [-0.25, -0.2) is 0 Å². The molecular formula is C88H60N6. The van der Waals surface area contributed by atoms with Crippen molar-refractivity contribution in [3.63, 3.8) is 0 Å². The molecule has 18 aromatic rings. The van der Waals surface area contributed by atoms with Gasteiger partial charge in [-0.2, -0.15) is 5.26 Å². The molecule has 0 aliphatic heterocycles. The monoisotopic (exact) mass is 1200 g/mol. The Morgan fingerprint density at radius 3 is 0.787 bits per heavy atom. The van der Waals surface area contributed by atoms with Crippen LogP contribution in [0.25, 0.3) is 166 Å². The fraction of sp³-hybridized carbons (Fsp3) is 0.0455. The third-order valence-electron chi connectivity index (χ3n) is 19.5. The van der Waals surface area contributed by atoms with Crippen molar-refractivity contribution in [2.45, 2.75) is 27.7 Å². The number of para-hydroxylation sites is 6. The molecule has 0 saturated carbocycles. The minimum Gasteiger partial charge on any atom is -0.309 e. The summed E-state index contributed by atoms with van der Waals surface area (Å²) in [5, 5.41) is 22.2. The van der Waals surface area contributed by atoms with E-state index in [1.54, 1.807) is 0 Å². The van der Waals surface area contributed by atoms with E-state index < -0.39 is 0 Å². The number of benzene rings is 13. The van der Waals surface area contributed by atoms with Crippen LogP contribution in [0.3, 0.4) is 0 Å². The molecule has 94 heavy (non-hydrogen) atoms. The summed E-state index contributed by atoms with van der Waals surface area (Å²) in [6, 6.07) is 109. The van der Waals surface area contributed by atoms with E-state index in [9.17, 15) is 5.26 Å². The van der Waals surface area contributed by atoms with Crippen molar-refractivity contribution >= 4 is 87.2 Å². The fourth-order valence-electron chi connectivity index (χ4n) is 15.5. The van der Waals surface area contributed by atoms with Gasteiger partial charge in [0.15, 0.2) is 0 Å². The molecule has 0 amide bonds. The predicted octanol–water partition coefficient (Wildman–Crippen LogP) is 22.9. The van der Waals surface area contributed by atoms with E-state index in [1.165, 1.54) is 54.2 Å².